The zero-order valence-corrected chi connectivity index (χ0v) is 14.4. The summed E-state index contributed by atoms with van der Waals surface area (Å²) in [5.41, 5.74) is 1.64. The molecule has 0 aliphatic carbocycles. The number of hydrogen-bond acceptors (Lipinski definition) is 7. The fourth-order valence-electron chi connectivity index (χ4n) is 2.44. The Morgan fingerprint density at radius 1 is 1.04 bits per heavy atom. The van der Waals surface area contributed by atoms with E-state index in [1.54, 1.807) is 37.3 Å². The molecule has 0 spiro atoms. The molecule has 0 atom stereocenters. The van der Waals surface area contributed by atoms with E-state index in [2.05, 4.69) is 15.3 Å². The minimum Gasteiger partial charge on any atom is -0.465 e. The van der Waals surface area contributed by atoms with Crippen LogP contribution in [0.4, 0.5) is 11.5 Å². The van der Waals surface area contributed by atoms with E-state index in [1.807, 2.05) is 18.2 Å². The zero-order valence-electron chi connectivity index (χ0n) is 14.4. The van der Waals surface area contributed by atoms with Crippen molar-refractivity contribution in [1.82, 2.24) is 9.97 Å². The lowest BCUT2D eigenvalue weighted by molar-refractivity contribution is 0.0512. The first kappa shape index (κ1) is 17.3. The maximum Gasteiger partial charge on any atom is 0.376 e. The van der Waals surface area contributed by atoms with Crippen LogP contribution >= 0.6 is 0 Å². The van der Waals surface area contributed by atoms with Crippen molar-refractivity contribution in [3.05, 3.63) is 59.9 Å². The Morgan fingerprint density at radius 3 is 2.62 bits per heavy atom. The van der Waals surface area contributed by atoms with Crippen LogP contribution < -0.4 is 5.32 Å². The molecule has 132 valence electrons. The van der Waals surface area contributed by atoms with Crippen LogP contribution in [0.3, 0.4) is 0 Å². The van der Waals surface area contributed by atoms with Gasteiger partial charge in [0.05, 0.1) is 24.8 Å². The molecule has 0 amide bonds. The Balaban J connectivity index is 2.03. The number of ether oxygens (including phenoxy) is 2. The van der Waals surface area contributed by atoms with E-state index in [4.69, 9.17) is 9.47 Å². The number of carbonyl (C=O) groups is 2. The number of methoxy groups -OCH3 is 1. The Morgan fingerprint density at radius 2 is 1.85 bits per heavy atom. The maximum atomic E-state index is 12.0. The predicted molar refractivity (Wildman–Crippen MR) is 96.6 cm³/mol. The summed E-state index contributed by atoms with van der Waals surface area (Å²) in [6.45, 7) is 1.95. The molecule has 0 radical (unpaired) electrons. The van der Waals surface area contributed by atoms with Gasteiger partial charge in [0.2, 0.25) is 5.82 Å². The summed E-state index contributed by atoms with van der Waals surface area (Å²) in [5.74, 6) is -0.615. The Bertz CT molecular complexity index is 972. The van der Waals surface area contributed by atoms with Gasteiger partial charge in [0.15, 0.2) is 0 Å². The molecule has 0 saturated carbocycles. The second-order valence-corrected chi connectivity index (χ2v) is 5.33. The van der Waals surface area contributed by atoms with Gasteiger partial charge in [-0.2, -0.15) is 0 Å². The second kappa shape index (κ2) is 7.60. The van der Waals surface area contributed by atoms with Gasteiger partial charge in [-0.05, 0) is 37.3 Å². The summed E-state index contributed by atoms with van der Waals surface area (Å²) < 4.78 is 9.73. The van der Waals surface area contributed by atoms with Gasteiger partial charge < -0.3 is 14.8 Å². The summed E-state index contributed by atoms with van der Waals surface area (Å²) in [6.07, 6.45) is 0. The first-order valence-electron chi connectivity index (χ1n) is 8.01. The number of esters is 2. The monoisotopic (exact) mass is 351 g/mol. The van der Waals surface area contributed by atoms with E-state index >= 15 is 0 Å². The second-order valence-electron chi connectivity index (χ2n) is 5.33. The highest BCUT2D eigenvalue weighted by Gasteiger charge is 2.15. The fraction of sp³-hybridized carbons (Fsp3) is 0.158. The van der Waals surface area contributed by atoms with Crippen LogP contribution in [0.15, 0.2) is 48.5 Å². The summed E-state index contributed by atoms with van der Waals surface area (Å²) in [5, 5.41) is 3.88. The van der Waals surface area contributed by atoms with E-state index in [9.17, 15) is 9.59 Å². The van der Waals surface area contributed by atoms with Gasteiger partial charge in [0.1, 0.15) is 5.82 Å². The van der Waals surface area contributed by atoms with E-state index in [-0.39, 0.29) is 12.4 Å². The number of anilines is 2. The normalized spacial score (nSPS) is 10.4. The summed E-state index contributed by atoms with van der Waals surface area (Å²) in [7, 11) is 1.33. The minimum absolute atomic E-state index is 0.0304. The van der Waals surface area contributed by atoms with Gasteiger partial charge in [-0.15, -0.1) is 0 Å². The molecule has 0 fully saturated rings. The molecule has 0 aliphatic rings. The lowest BCUT2D eigenvalue weighted by Crippen LogP contribution is -2.11. The molecule has 3 aromatic rings. The van der Waals surface area contributed by atoms with Crippen molar-refractivity contribution < 1.29 is 19.1 Å². The number of nitrogens with one attached hydrogen (secondary N) is 1. The van der Waals surface area contributed by atoms with Crippen molar-refractivity contribution in [3.63, 3.8) is 0 Å². The molecule has 7 heteroatoms. The average Bonchev–Trinajstić information content (AvgIpc) is 2.67. The van der Waals surface area contributed by atoms with Crippen molar-refractivity contribution in [3.8, 4) is 0 Å². The molecule has 3 rings (SSSR count). The van der Waals surface area contributed by atoms with E-state index < -0.39 is 11.9 Å². The van der Waals surface area contributed by atoms with Crippen molar-refractivity contribution >= 4 is 34.3 Å². The minimum atomic E-state index is -0.593. The van der Waals surface area contributed by atoms with Gasteiger partial charge in [0.25, 0.3) is 0 Å². The van der Waals surface area contributed by atoms with Gasteiger partial charge in [-0.25, -0.2) is 19.6 Å². The third-order valence-electron chi connectivity index (χ3n) is 3.61. The molecule has 0 aliphatic heterocycles. The van der Waals surface area contributed by atoms with Crippen molar-refractivity contribution in [2.75, 3.05) is 19.0 Å². The molecular weight excluding hydrogens is 334 g/mol. The van der Waals surface area contributed by atoms with Crippen LogP contribution in [0.2, 0.25) is 0 Å². The summed E-state index contributed by atoms with van der Waals surface area (Å²) in [4.78, 5) is 32.3. The first-order valence-corrected chi connectivity index (χ1v) is 8.01. The zero-order chi connectivity index (χ0) is 18.5. The lowest BCUT2D eigenvalue weighted by atomic mass is 10.2. The number of benzene rings is 2. The van der Waals surface area contributed by atoms with Crippen LogP contribution in [0.5, 0.6) is 0 Å². The van der Waals surface area contributed by atoms with Gasteiger partial charge in [0, 0.05) is 11.1 Å². The smallest absolute Gasteiger partial charge is 0.376 e. The largest absolute Gasteiger partial charge is 0.465 e. The van der Waals surface area contributed by atoms with E-state index in [0.29, 0.717) is 22.6 Å². The molecule has 1 aromatic heterocycles. The molecule has 0 saturated heterocycles. The molecule has 1 heterocycles. The molecule has 2 aromatic carbocycles. The van der Waals surface area contributed by atoms with Crippen molar-refractivity contribution in [1.29, 1.82) is 0 Å². The lowest BCUT2D eigenvalue weighted by Gasteiger charge is -2.11. The van der Waals surface area contributed by atoms with Crippen LogP contribution in [0, 0.1) is 0 Å². The number of hydrogen-bond donors (Lipinski definition) is 1. The van der Waals surface area contributed by atoms with Crippen molar-refractivity contribution in [2.45, 2.75) is 6.92 Å². The van der Waals surface area contributed by atoms with Crippen LogP contribution in [-0.2, 0) is 9.47 Å². The Kier molecular flexibility index (Phi) is 5.07. The predicted octanol–water partition coefficient (Wildman–Crippen LogP) is 3.34. The number of carbonyl (C=O) groups excluding carboxylic acids is 2. The molecule has 0 unspecified atom stereocenters. The van der Waals surface area contributed by atoms with E-state index in [1.165, 1.54) is 7.11 Å². The number of aromatic nitrogens is 2. The van der Waals surface area contributed by atoms with Crippen LogP contribution in [0.1, 0.15) is 27.9 Å². The summed E-state index contributed by atoms with van der Waals surface area (Å²) in [6, 6.07) is 14.1. The summed E-state index contributed by atoms with van der Waals surface area (Å²) >= 11 is 0. The highest BCUT2D eigenvalue weighted by atomic mass is 16.5. The van der Waals surface area contributed by atoms with Gasteiger partial charge in [-0.3, -0.25) is 0 Å². The number of rotatable bonds is 5. The highest BCUT2D eigenvalue weighted by Crippen LogP contribution is 2.24. The molecule has 1 N–H and O–H groups in total. The maximum absolute atomic E-state index is 12.0. The third kappa shape index (κ3) is 3.61. The SMILES string of the molecule is CCOC(=O)c1nc(Nc2cccc(C(=O)OC)c2)c2ccccc2n1. The Hall–Kier alpha value is -3.48. The third-order valence-corrected chi connectivity index (χ3v) is 3.61. The van der Waals surface area contributed by atoms with Crippen LogP contribution in [0.25, 0.3) is 10.9 Å². The van der Waals surface area contributed by atoms with Crippen LogP contribution in [-0.4, -0.2) is 35.6 Å². The fourth-order valence-corrected chi connectivity index (χ4v) is 2.44. The molecule has 7 nitrogen and oxygen atoms in total. The van der Waals surface area contributed by atoms with Crippen molar-refractivity contribution in [2.24, 2.45) is 0 Å². The topological polar surface area (TPSA) is 90.4 Å². The first-order chi connectivity index (χ1) is 12.6. The number of fused-ring (bicyclic) bond motifs is 1. The molecule has 0 bridgehead atoms. The van der Waals surface area contributed by atoms with Gasteiger partial charge in [-0.1, -0.05) is 18.2 Å². The number of para-hydroxylation sites is 1. The molecule has 26 heavy (non-hydrogen) atoms. The van der Waals surface area contributed by atoms with Gasteiger partial charge >= 0.3 is 11.9 Å². The van der Waals surface area contributed by atoms with E-state index in [0.717, 1.165) is 5.39 Å². The highest BCUT2D eigenvalue weighted by molar-refractivity contribution is 5.96. The Labute approximate surface area is 150 Å². The molecular formula is C19H17N3O4. The standard InChI is InChI=1S/C19H17N3O4/c1-3-26-19(24)17-21-15-10-5-4-9-14(15)16(22-17)20-13-8-6-7-12(11-13)18(23)25-2/h4-11H,3H2,1-2H3,(H,20,21,22). The average molecular weight is 351 g/mol. The number of nitrogens with zero attached hydrogens (tertiary/aromatic N) is 2. The quantitative estimate of drug-likeness (QED) is 0.705.